The maximum absolute atomic E-state index is 2.76. The van der Waals surface area contributed by atoms with Crippen LogP contribution in [0.2, 0.25) is 0 Å². The van der Waals surface area contributed by atoms with Gasteiger partial charge in [-0.25, -0.2) is 0 Å². The van der Waals surface area contributed by atoms with Gasteiger partial charge in [-0.05, 0) is 150 Å². The lowest BCUT2D eigenvalue weighted by molar-refractivity contribution is 0.392. The molecule has 0 heterocycles. The van der Waals surface area contributed by atoms with Crippen molar-refractivity contribution in [1.29, 1.82) is 0 Å². The summed E-state index contributed by atoms with van der Waals surface area (Å²) in [5, 5.41) is 0. The van der Waals surface area contributed by atoms with Crippen LogP contribution in [0.4, 0.5) is 0 Å². The molecule has 5 atom stereocenters. The van der Waals surface area contributed by atoms with E-state index in [1.807, 2.05) is 0 Å². The van der Waals surface area contributed by atoms with E-state index in [2.05, 4.69) is 194 Å². The van der Waals surface area contributed by atoms with Gasteiger partial charge in [-0.1, -0.05) is 199 Å². The maximum Gasteiger partial charge on any atom is 0.0159 e. The van der Waals surface area contributed by atoms with Crippen molar-refractivity contribution in [3.05, 3.63) is 218 Å². The van der Waals surface area contributed by atoms with Gasteiger partial charge in [0.25, 0.3) is 0 Å². The molecule has 0 heteroatoms. The molecule has 5 unspecified atom stereocenters. The van der Waals surface area contributed by atoms with Crippen LogP contribution in [-0.4, -0.2) is 0 Å². The average Bonchev–Trinajstić information content (AvgIpc) is 3.66. The minimum atomic E-state index is -0.0429. The highest BCUT2D eigenvalue weighted by Gasteiger charge is 2.45. The van der Waals surface area contributed by atoms with E-state index in [1.54, 1.807) is 22.3 Å². The zero-order valence-electron chi connectivity index (χ0n) is 37.8. The molecule has 4 aromatic carbocycles. The highest BCUT2D eigenvalue weighted by molar-refractivity contribution is 5.90. The van der Waals surface area contributed by atoms with Gasteiger partial charge >= 0.3 is 0 Å². The normalized spacial score (nSPS) is 26.8. The Morgan fingerprint density at radius 1 is 0.661 bits per heavy atom. The smallest absolute Gasteiger partial charge is 0.0159 e. The quantitative estimate of drug-likeness (QED) is 0.194. The van der Waals surface area contributed by atoms with Crippen molar-refractivity contribution in [2.24, 2.45) is 29.1 Å². The topological polar surface area (TPSA) is 0 Å². The standard InChI is InChI=1S/C62H60/c1-60(2,3)43-26-22-38-30-37(20-21-39(38)31-43)40-23-27-46-52(42-25-29-50-48-17-11-13-19-57(48)62(6,7)59(50)34-42)35-54-45-15-9-8-14-44(45)51(36-55(54)53(46)32-40)41-24-28-49-47-16-10-12-18-56(47)61(4,5)58(49)33-41/h8-14,16-21,23-25,27-29,31-32,34-36,38,41,45,54-55H,15,22,26,30,33H2,1-7H3. The van der Waals surface area contributed by atoms with Crippen molar-refractivity contribution in [2.75, 3.05) is 0 Å². The van der Waals surface area contributed by atoms with Gasteiger partial charge in [0.05, 0.1) is 0 Å². The molecule has 308 valence electrons. The fourth-order valence-corrected chi connectivity index (χ4v) is 13.3. The molecule has 8 aliphatic rings. The molecule has 0 aromatic heterocycles. The molecule has 0 saturated heterocycles. The zero-order valence-corrected chi connectivity index (χ0v) is 37.8. The monoisotopic (exact) mass is 804 g/mol. The Morgan fingerprint density at radius 2 is 1.40 bits per heavy atom. The number of hydrogen-bond acceptors (Lipinski definition) is 0. The van der Waals surface area contributed by atoms with Gasteiger partial charge in [-0.15, -0.1) is 0 Å². The minimum absolute atomic E-state index is 0.0349. The average molecular weight is 805 g/mol. The summed E-state index contributed by atoms with van der Waals surface area (Å²) in [7, 11) is 0. The number of fused-ring (bicyclic) bond motifs is 11. The molecular weight excluding hydrogens is 745 g/mol. The van der Waals surface area contributed by atoms with Crippen molar-refractivity contribution in [3.63, 3.8) is 0 Å². The highest BCUT2D eigenvalue weighted by atomic mass is 14.5. The number of benzene rings is 4. The van der Waals surface area contributed by atoms with E-state index in [9.17, 15) is 0 Å². The number of allylic oxidation sites excluding steroid dienone is 17. The predicted molar refractivity (Wildman–Crippen MR) is 262 cm³/mol. The van der Waals surface area contributed by atoms with Gasteiger partial charge in [0.2, 0.25) is 0 Å². The highest BCUT2D eigenvalue weighted by Crippen LogP contribution is 2.58. The molecule has 0 amide bonds. The van der Waals surface area contributed by atoms with E-state index in [4.69, 9.17) is 0 Å². The van der Waals surface area contributed by atoms with Gasteiger partial charge in [0, 0.05) is 22.7 Å². The van der Waals surface area contributed by atoms with Crippen LogP contribution in [-0.2, 0) is 10.8 Å². The Bertz CT molecular complexity index is 2920. The fraction of sp³-hybridized carbons (Fsp3) is 0.323. The Morgan fingerprint density at radius 3 is 2.23 bits per heavy atom. The summed E-state index contributed by atoms with van der Waals surface area (Å²) in [6, 6.07) is 33.2. The molecular formula is C62H60. The van der Waals surface area contributed by atoms with E-state index < -0.39 is 0 Å². The van der Waals surface area contributed by atoms with E-state index in [0.29, 0.717) is 29.6 Å². The molecule has 8 aliphatic carbocycles. The van der Waals surface area contributed by atoms with Crippen LogP contribution in [0.25, 0.3) is 27.8 Å². The van der Waals surface area contributed by atoms with Crippen molar-refractivity contribution >= 4 is 16.7 Å². The van der Waals surface area contributed by atoms with Crippen LogP contribution >= 0.6 is 0 Å². The van der Waals surface area contributed by atoms with Crippen molar-refractivity contribution in [1.82, 2.24) is 0 Å². The van der Waals surface area contributed by atoms with Crippen molar-refractivity contribution < 1.29 is 0 Å². The van der Waals surface area contributed by atoms with Crippen molar-refractivity contribution in [2.45, 2.75) is 97.3 Å². The Kier molecular flexibility index (Phi) is 8.34. The lowest BCUT2D eigenvalue weighted by Gasteiger charge is -2.44. The summed E-state index contributed by atoms with van der Waals surface area (Å²) in [4.78, 5) is 0. The summed E-state index contributed by atoms with van der Waals surface area (Å²) < 4.78 is 0. The Labute approximate surface area is 370 Å². The summed E-state index contributed by atoms with van der Waals surface area (Å²) in [6.07, 6.45) is 31.0. The van der Waals surface area contributed by atoms with E-state index in [-0.39, 0.29) is 16.2 Å². The molecule has 0 aliphatic heterocycles. The summed E-state index contributed by atoms with van der Waals surface area (Å²) >= 11 is 0. The van der Waals surface area contributed by atoms with Crippen LogP contribution in [0, 0.1) is 29.1 Å². The van der Waals surface area contributed by atoms with Gasteiger partial charge in [-0.2, -0.15) is 0 Å². The molecule has 0 fully saturated rings. The lowest BCUT2D eigenvalue weighted by Crippen LogP contribution is -2.32. The third kappa shape index (κ3) is 5.64. The first-order chi connectivity index (χ1) is 29.9. The third-order valence-corrected chi connectivity index (χ3v) is 16.9. The van der Waals surface area contributed by atoms with Gasteiger partial charge in [0.15, 0.2) is 0 Å². The molecule has 0 saturated carbocycles. The molecule has 62 heavy (non-hydrogen) atoms. The van der Waals surface area contributed by atoms with Crippen LogP contribution < -0.4 is 0 Å². The molecule has 0 N–H and O–H groups in total. The third-order valence-electron chi connectivity index (χ3n) is 16.9. The minimum Gasteiger partial charge on any atom is -0.0839 e. The van der Waals surface area contributed by atoms with Gasteiger partial charge in [0.1, 0.15) is 0 Å². The second kappa shape index (κ2) is 13.5. The van der Waals surface area contributed by atoms with Crippen LogP contribution in [0.15, 0.2) is 174 Å². The van der Waals surface area contributed by atoms with Crippen LogP contribution in [0.5, 0.6) is 0 Å². The molecule has 0 bridgehead atoms. The van der Waals surface area contributed by atoms with E-state index in [1.165, 1.54) is 90.8 Å². The number of rotatable bonds is 3. The molecule has 0 nitrogen and oxygen atoms in total. The molecule has 0 radical (unpaired) electrons. The van der Waals surface area contributed by atoms with Gasteiger partial charge in [-0.3, -0.25) is 0 Å². The molecule has 0 spiro atoms. The summed E-state index contributed by atoms with van der Waals surface area (Å²) in [5.41, 5.74) is 26.7. The maximum atomic E-state index is 2.76. The van der Waals surface area contributed by atoms with Crippen LogP contribution in [0.3, 0.4) is 0 Å². The second-order valence-electron chi connectivity index (χ2n) is 21.9. The molecule has 12 rings (SSSR count). The Balaban J connectivity index is 0.991. The fourth-order valence-electron chi connectivity index (χ4n) is 13.3. The summed E-state index contributed by atoms with van der Waals surface area (Å²) in [5.74, 6) is 2.10. The van der Waals surface area contributed by atoms with E-state index in [0.717, 1.165) is 19.3 Å². The van der Waals surface area contributed by atoms with Gasteiger partial charge < -0.3 is 0 Å². The second-order valence-corrected chi connectivity index (χ2v) is 21.9. The SMILES string of the molecule is CC(C)(C)C1=CC2=CC=C(c3ccc4c(c3)C3C=C(C5C=CC6=C(C5)C(C)(C)c5ccccc56)C5=CC=CCC5C3C=C4c3ccc4c(c3)C(C)(C)c3ccccc3-4)CC2CC1. The lowest BCUT2D eigenvalue weighted by atomic mass is 9.59. The summed E-state index contributed by atoms with van der Waals surface area (Å²) in [6.45, 7) is 16.9. The molecule has 4 aromatic rings. The first kappa shape index (κ1) is 38.2. The first-order valence-electron chi connectivity index (χ1n) is 23.7. The first-order valence-corrected chi connectivity index (χ1v) is 23.7. The number of hydrogen-bond donors (Lipinski definition) is 0. The zero-order chi connectivity index (χ0) is 42.3. The van der Waals surface area contributed by atoms with E-state index >= 15 is 0 Å². The Hall–Kier alpha value is -5.46. The van der Waals surface area contributed by atoms with Crippen LogP contribution in [0.1, 0.15) is 131 Å². The predicted octanol–water partition coefficient (Wildman–Crippen LogP) is 16.0. The largest absolute Gasteiger partial charge is 0.0839 e. The van der Waals surface area contributed by atoms with Crippen molar-refractivity contribution in [3.8, 4) is 11.1 Å².